The van der Waals surface area contributed by atoms with Crippen LogP contribution in [0.2, 0.25) is 0 Å². The molecule has 0 amide bonds. The average molecular weight is 574 g/mol. The number of rotatable bonds is 2. The first-order chi connectivity index (χ1) is 9.92. The van der Waals surface area contributed by atoms with Gasteiger partial charge in [0.05, 0.1) is 0 Å². The molecule has 0 aromatic heterocycles. The second-order valence-corrected chi connectivity index (χ2v) is 44.0. The zero-order valence-corrected chi connectivity index (χ0v) is 20.4. The second kappa shape index (κ2) is 6.35. The third-order valence-electron chi connectivity index (χ3n) is 3.88. The molecule has 3 rings (SSSR count). The summed E-state index contributed by atoms with van der Waals surface area (Å²) in [5.41, 5.74) is 0. The van der Waals surface area contributed by atoms with Crippen LogP contribution in [0.4, 0.5) is 0 Å². The molecule has 0 spiro atoms. The Balaban J connectivity index is 2.10. The van der Waals surface area contributed by atoms with E-state index in [0.29, 0.717) is 4.90 Å². The Morgan fingerprint density at radius 3 is 1.38 bits per heavy atom. The molecule has 1 saturated heterocycles. The quantitative estimate of drug-likeness (QED) is 0.383. The van der Waals surface area contributed by atoms with Crippen molar-refractivity contribution in [3.63, 3.8) is 0 Å². The van der Waals surface area contributed by atoms with Gasteiger partial charge in [0.15, 0.2) is 0 Å². The van der Waals surface area contributed by atoms with Gasteiger partial charge in [0.25, 0.3) is 0 Å². The Kier molecular flexibility index (Phi) is 5.21. The summed E-state index contributed by atoms with van der Waals surface area (Å²) < 4.78 is -2.36. The molecule has 0 bridgehead atoms. The van der Waals surface area contributed by atoms with Crippen LogP contribution in [0.3, 0.4) is 0 Å². The summed E-state index contributed by atoms with van der Waals surface area (Å²) in [4.78, 5) is 0.378. The monoisotopic (exact) mass is 578 g/mol. The van der Waals surface area contributed by atoms with Gasteiger partial charge >= 0.3 is 156 Å². The fourth-order valence-electron chi connectivity index (χ4n) is 2.42. The van der Waals surface area contributed by atoms with Crippen molar-refractivity contribution in [3.8, 4) is 0 Å². The van der Waals surface area contributed by atoms with Gasteiger partial charge in [-0.1, -0.05) is 0 Å². The Hall–Kier alpha value is 1.38. The molecular formula is C15H16P2Se4. The van der Waals surface area contributed by atoms with Crippen molar-refractivity contribution in [2.45, 2.75) is 18.7 Å². The van der Waals surface area contributed by atoms with E-state index < -0.39 is 9.28 Å². The van der Waals surface area contributed by atoms with Gasteiger partial charge in [-0.3, -0.25) is 0 Å². The van der Waals surface area contributed by atoms with Crippen LogP contribution in [0.25, 0.3) is 0 Å². The van der Waals surface area contributed by atoms with E-state index in [2.05, 4.69) is 106 Å². The van der Waals surface area contributed by atoms with Crippen molar-refractivity contribution in [1.82, 2.24) is 0 Å². The summed E-state index contributed by atoms with van der Waals surface area (Å²) in [5, 5.41) is 3.18. The van der Waals surface area contributed by atoms with E-state index in [-0.39, 0.29) is 0 Å². The number of benzene rings is 2. The Bertz CT molecular complexity index is 579. The first kappa shape index (κ1) is 17.2. The van der Waals surface area contributed by atoms with Gasteiger partial charge in [0.1, 0.15) is 0 Å². The molecule has 2 aromatic carbocycles. The van der Waals surface area contributed by atoms with Gasteiger partial charge in [-0.15, -0.1) is 0 Å². The van der Waals surface area contributed by atoms with Crippen LogP contribution in [-0.2, 0) is 0 Å². The topological polar surface area (TPSA) is 0 Å². The van der Waals surface area contributed by atoms with Crippen LogP contribution in [0.1, 0.15) is 13.8 Å². The fraction of sp³-hybridized carbons (Fsp3) is 0.200. The molecule has 1 heterocycles. The van der Waals surface area contributed by atoms with Crippen LogP contribution in [0.15, 0.2) is 60.7 Å². The van der Waals surface area contributed by atoms with E-state index in [1.54, 1.807) is 10.6 Å². The first-order valence-corrected chi connectivity index (χ1v) is 23.4. The predicted molar refractivity (Wildman–Crippen MR) is 103 cm³/mol. The summed E-state index contributed by atoms with van der Waals surface area (Å²) in [6.07, 6.45) is 0. The van der Waals surface area contributed by atoms with Crippen LogP contribution >= 0.6 is 9.28 Å². The van der Waals surface area contributed by atoms with Crippen molar-refractivity contribution in [2.75, 3.05) is 0 Å². The van der Waals surface area contributed by atoms with Gasteiger partial charge in [-0.25, -0.2) is 0 Å². The molecule has 0 radical (unpaired) electrons. The molecule has 0 nitrogen and oxygen atoms in total. The zero-order chi connectivity index (χ0) is 15.1. The minimum absolute atomic E-state index is 0.378. The van der Waals surface area contributed by atoms with E-state index >= 15 is 0 Å². The molecule has 2 aromatic rings. The van der Waals surface area contributed by atoms with Gasteiger partial charge in [-0.2, -0.15) is 0 Å². The molecular weight excluding hydrogens is 558 g/mol. The van der Waals surface area contributed by atoms with Gasteiger partial charge in [0.2, 0.25) is 0 Å². The molecule has 0 saturated carbocycles. The third kappa shape index (κ3) is 2.71. The standard InChI is InChI=1S/C15H16P2Se4/c1-15(2)16(18,13-9-5-3-6-10-13)20-21-17(15,19)14-11-7-4-8-12-14/h3-12H,1-2H3. The first-order valence-electron chi connectivity index (χ1n) is 6.61. The van der Waals surface area contributed by atoms with Crippen molar-refractivity contribution < 1.29 is 0 Å². The summed E-state index contributed by atoms with van der Waals surface area (Å²) in [6.45, 7) is 5.05. The molecule has 110 valence electrons. The number of hydrogen-bond acceptors (Lipinski definition) is 0. The zero-order valence-electron chi connectivity index (χ0n) is 11.8. The molecule has 0 aliphatic carbocycles. The van der Waals surface area contributed by atoms with E-state index in [0.717, 1.165) is 25.4 Å². The Morgan fingerprint density at radius 2 is 1.05 bits per heavy atom. The van der Waals surface area contributed by atoms with Gasteiger partial charge in [-0.05, 0) is 0 Å². The summed E-state index contributed by atoms with van der Waals surface area (Å²) in [7, 11) is 0. The molecule has 0 N–H and O–H groups in total. The van der Waals surface area contributed by atoms with Crippen molar-refractivity contribution >= 4 is 76.4 Å². The predicted octanol–water partition coefficient (Wildman–Crippen LogP) is 2.74. The molecule has 21 heavy (non-hydrogen) atoms. The average Bonchev–Trinajstić information content (AvgIpc) is 2.71. The maximum atomic E-state index is 3.75. The van der Waals surface area contributed by atoms with E-state index in [1.807, 2.05) is 0 Å². The second-order valence-electron chi connectivity index (χ2n) is 5.42. The van der Waals surface area contributed by atoms with Crippen LogP contribution in [-0.4, -0.2) is 61.4 Å². The van der Waals surface area contributed by atoms with Crippen LogP contribution in [0, 0.1) is 0 Å². The molecule has 1 fully saturated rings. The molecule has 2 atom stereocenters. The Morgan fingerprint density at radius 1 is 0.714 bits per heavy atom. The van der Waals surface area contributed by atoms with Crippen molar-refractivity contribution in [3.05, 3.63) is 60.7 Å². The van der Waals surface area contributed by atoms with E-state index in [1.165, 1.54) is 0 Å². The molecule has 1 aliphatic heterocycles. The van der Waals surface area contributed by atoms with Crippen molar-refractivity contribution in [2.24, 2.45) is 0 Å². The van der Waals surface area contributed by atoms with E-state index in [4.69, 9.17) is 0 Å². The maximum absolute atomic E-state index is 3.75. The van der Waals surface area contributed by atoms with Gasteiger partial charge < -0.3 is 0 Å². The molecule has 6 heteroatoms. The van der Waals surface area contributed by atoms with Crippen LogP contribution in [0.5, 0.6) is 0 Å². The fourth-order valence-corrected chi connectivity index (χ4v) is 106. The summed E-state index contributed by atoms with van der Waals surface area (Å²) in [5.74, 6) is 0. The van der Waals surface area contributed by atoms with Crippen molar-refractivity contribution in [1.29, 1.82) is 0 Å². The minimum atomic E-state index is -1.18. The summed E-state index contributed by atoms with van der Waals surface area (Å²) in [6, 6.07) is 22.5. The van der Waals surface area contributed by atoms with Crippen LogP contribution < -0.4 is 10.6 Å². The SMILES string of the molecule is CC1(C)[P+]([Se-])(c2ccccc2)[Se][Se][P+]1([Se-])c1ccccc1. The third-order valence-corrected chi connectivity index (χ3v) is 76.5. The number of hydrogen-bond donors (Lipinski definition) is 0. The molecule has 1 aliphatic rings. The normalized spacial score (nSPS) is 31.2. The summed E-state index contributed by atoms with van der Waals surface area (Å²) >= 11 is 8.96. The van der Waals surface area contributed by atoms with E-state index in [9.17, 15) is 0 Å². The Labute approximate surface area is 154 Å². The van der Waals surface area contributed by atoms with Gasteiger partial charge in [0, 0.05) is 0 Å². The molecule has 2 unspecified atom stereocenters.